The lowest BCUT2D eigenvalue weighted by Gasteiger charge is -2.39. The normalized spacial score (nSPS) is 20.5. The summed E-state index contributed by atoms with van der Waals surface area (Å²) in [5.41, 5.74) is 4.11. The quantitative estimate of drug-likeness (QED) is 0.273. The van der Waals surface area contributed by atoms with Gasteiger partial charge in [-0.2, -0.15) is 0 Å². The van der Waals surface area contributed by atoms with Gasteiger partial charge in [0.1, 0.15) is 6.61 Å². The molecule has 40 heavy (non-hydrogen) atoms. The molecule has 1 aliphatic rings. The van der Waals surface area contributed by atoms with Crippen LogP contribution in [0.4, 0.5) is 10.5 Å². The first-order valence-electron chi connectivity index (χ1n) is 13.5. The topological polar surface area (TPSA) is 100 Å². The Kier molecular flexibility index (Phi) is 10.5. The molecule has 5 atom stereocenters. The molecular formula is C32H38N2O6. The minimum Gasteiger partial charge on any atom is -0.445 e. The van der Waals surface area contributed by atoms with Gasteiger partial charge in [0, 0.05) is 30.3 Å². The van der Waals surface area contributed by atoms with Crippen LogP contribution in [0.15, 0.2) is 91.5 Å². The first-order valence-corrected chi connectivity index (χ1v) is 13.5. The summed E-state index contributed by atoms with van der Waals surface area (Å²) in [6.07, 6.45) is -0.103. The monoisotopic (exact) mass is 546 g/mol. The number of nitrogens with one attached hydrogen (secondary N) is 1. The Hall–Kier alpha value is -3.53. The number of ether oxygens (including phenoxy) is 3. The van der Waals surface area contributed by atoms with Crippen LogP contribution in [-0.2, 0) is 20.8 Å². The van der Waals surface area contributed by atoms with Gasteiger partial charge >= 0.3 is 6.09 Å². The van der Waals surface area contributed by atoms with E-state index in [1.807, 2.05) is 80.7 Å². The van der Waals surface area contributed by atoms with E-state index in [4.69, 9.17) is 14.2 Å². The van der Waals surface area contributed by atoms with Crippen LogP contribution in [0, 0.1) is 0 Å². The lowest BCUT2D eigenvalue weighted by Crippen LogP contribution is -2.43. The maximum atomic E-state index is 11.9. The van der Waals surface area contributed by atoms with Crippen molar-refractivity contribution < 1.29 is 29.2 Å². The minimum absolute atomic E-state index is 0.0197. The molecule has 1 fully saturated rings. The Morgan fingerprint density at radius 3 is 2.40 bits per heavy atom. The van der Waals surface area contributed by atoms with Gasteiger partial charge in [-0.15, -0.1) is 0 Å². The van der Waals surface area contributed by atoms with E-state index in [-0.39, 0.29) is 31.5 Å². The van der Waals surface area contributed by atoms with Crippen LogP contribution in [0.3, 0.4) is 0 Å². The van der Waals surface area contributed by atoms with Gasteiger partial charge in [-0.3, -0.25) is 10.2 Å². The van der Waals surface area contributed by atoms with Crippen molar-refractivity contribution in [1.82, 2.24) is 4.90 Å². The molecule has 1 aliphatic heterocycles. The SMILES string of the molecule is C=CCOC(=O)Nc1ccc(C2OC(CN(C)C(C)C(O)c3ccccc3)CC(c3ccc(CO)cc3)O2)cc1. The molecule has 0 radical (unpaired) electrons. The number of nitrogens with zero attached hydrogens (tertiary/aromatic N) is 1. The van der Waals surface area contributed by atoms with Crippen molar-refractivity contribution in [1.29, 1.82) is 0 Å². The van der Waals surface area contributed by atoms with Crippen molar-refractivity contribution in [3.05, 3.63) is 114 Å². The summed E-state index contributed by atoms with van der Waals surface area (Å²) in [7, 11) is 1.99. The fraction of sp³-hybridized carbons (Fsp3) is 0.344. The van der Waals surface area contributed by atoms with Gasteiger partial charge in [-0.1, -0.05) is 79.4 Å². The van der Waals surface area contributed by atoms with E-state index >= 15 is 0 Å². The Labute approximate surface area is 235 Å². The van der Waals surface area contributed by atoms with E-state index in [0.29, 0.717) is 18.7 Å². The number of aliphatic hydroxyl groups is 2. The molecule has 1 saturated heterocycles. The second-order valence-electron chi connectivity index (χ2n) is 10.0. The maximum absolute atomic E-state index is 11.9. The van der Waals surface area contributed by atoms with E-state index in [9.17, 15) is 15.0 Å². The molecule has 3 aromatic rings. The number of carbonyl (C=O) groups is 1. The highest BCUT2D eigenvalue weighted by atomic mass is 16.7. The average Bonchev–Trinajstić information content (AvgIpc) is 3.00. The molecule has 8 heteroatoms. The number of carbonyl (C=O) groups excluding carboxylic acids is 1. The zero-order valence-corrected chi connectivity index (χ0v) is 23.0. The molecule has 1 amide bonds. The highest BCUT2D eigenvalue weighted by Gasteiger charge is 2.34. The maximum Gasteiger partial charge on any atom is 0.411 e. The molecule has 5 unspecified atom stereocenters. The molecule has 1 heterocycles. The second-order valence-corrected chi connectivity index (χ2v) is 10.0. The molecule has 0 bridgehead atoms. The van der Waals surface area contributed by atoms with Crippen molar-refractivity contribution in [2.75, 3.05) is 25.5 Å². The zero-order valence-electron chi connectivity index (χ0n) is 23.0. The Morgan fingerprint density at radius 1 is 1.07 bits per heavy atom. The predicted octanol–water partition coefficient (Wildman–Crippen LogP) is 5.51. The number of likely N-dealkylation sites (N-methyl/N-ethyl adjacent to an activating group) is 1. The number of rotatable bonds is 11. The van der Waals surface area contributed by atoms with Crippen molar-refractivity contribution in [2.45, 2.75) is 50.6 Å². The third kappa shape index (κ3) is 7.78. The summed E-state index contributed by atoms with van der Waals surface area (Å²) < 4.78 is 17.8. The largest absolute Gasteiger partial charge is 0.445 e. The summed E-state index contributed by atoms with van der Waals surface area (Å²) in [5, 5.41) is 23.1. The number of anilines is 1. The summed E-state index contributed by atoms with van der Waals surface area (Å²) in [6, 6.07) is 24.5. The highest BCUT2D eigenvalue weighted by molar-refractivity contribution is 5.84. The highest BCUT2D eigenvalue weighted by Crippen LogP contribution is 2.38. The Balaban J connectivity index is 1.49. The van der Waals surface area contributed by atoms with Crippen LogP contribution in [0.5, 0.6) is 0 Å². The third-order valence-corrected chi connectivity index (χ3v) is 7.16. The summed E-state index contributed by atoms with van der Waals surface area (Å²) >= 11 is 0. The Morgan fingerprint density at radius 2 is 1.75 bits per heavy atom. The third-order valence-electron chi connectivity index (χ3n) is 7.16. The molecule has 0 saturated carbocycles. The number of hydrogen-bond donors (Lipinski definition) is 3. The van der Waals surface area contributed by atoms with Crippen LogP contribution in [0.25, 0.3) is 0 Å². The molecule has 8 nitrogen and oxygen atoms in total. The molecule has 0 aliphatic carbocycles. The number of benzene rings is 3. The lowest BCUT2D eigenvalue weighted by molar-refractivity contribution is -0.253. The number of amides is 1. The fourth-order valence-electron chi connectivity index (χ4n) is 4.70. The van der Waals surface area contributed by atoms with E-state index in [0.717, 1.165) is 22.3 Å². The smallest absolute Gasteiger partial charge is 0.411 e. The van der Waals surface area contributed by atoms with Gasteiger partial charge in [0.15, 0.2) is 6.29 Å². The van der Waals surface area contributed by atoms with Crippen LogP contribution in [-0.4, -0.2) is 53.6 Å². The van der Waals surface area contributed by atoms with Gasteiger partial charge in [-0.05, 0) is 42.8 Å². The molecular weight excluding hydrogens is 508 g/mol. The van der Waals surface area contributed by atoms with E-state index < -0.39 is 18.5 Å². The molecule has 3 aromatic carbocycles. The van der Waals surface area contributed by atoms with Gasteiger partial charge in [0.05, 0.1) is 24.9 Å². The first-order chi connectivity index (χ1) is 19.4. The number of aliphatic hydroxyl groups excluding tert-OH is 2. The molecule has 212 valence electrons. The molecule has 0 spiro atoms. The zero-order chi connectivity index (χ0) is 28.5. The van der Waals surface area contributed by atoms with E-state index in [2.05, 4.69) is 16.8 Å². The van der Waals surface area contributed by atoms with Crippen LogP contribution >= 0.6 is 0 Å². The molecule has 0 aromatic heterocycles. The lowest BCUT2D eigenvalue weighted by atomic mass is 9.98. The Bertz CT molecular complexity index is 1220. The standard InChI is InChI=1S/C32H38N2O6/c1-4-18-38-32(37)33-27-16-14-26(15-17-27)31-39-28(19-29(40-31)24-12-10-23(21-35)11-13-24)20-34(3)22(2)30(36)25-8-6-5-7-9-25/h4-17,22,28-31,35-36H,1,18-21H2,2-3H3,(H,33,37). The minimum atomic E-state index is -0.637. The number of hydrogen-bond acceptors (Lipinski definition) is 7. The van der Waals surface area contributed by atoms with E-state index in [1.54, 1.807) is 12.1 Å². The fourth-order valence-corrected chi connectivity index (χ4v) is 4.70. The van der Waals surface area contributed by atoms with Gasteiger partial charge in [0.2, 0.25) is 0 Å². The second kappa shape index (κ2) is 14.2. The van der Waals surface area contributed by atoms with Crippen molar-refractivity contribution >= 4 is 11.8 Å². The van der Waals surface area contributed by atoms with Crippen molar-refractivity contribution in [3.8, 4) is 0 Å². The molecule has 4 rings (SSSR count). The first kappa shape index (κ1) is 29.5. The summed E-state index contributed by atoms with van der Waals surface area (Å²) in [6.45, 7) is 6.24. The average molecular weight is 547 g/mol. The van der Waals surface area contributed by atoms with Crippen LogP contribution in [0.2, 0.25) is 0 Å². The van der Waals surface area contributed by atoms with Crippen molar-refractivity contribution in [2.24, 2.45) is 0 Å². The predicted molar refractivity (Wildman–Crippen MR) is 154 cm³/mol. The molecule has 3 N–H and O–H groups in total. The van der Waals surface area contributed by atoms with Gasteiger partial charge < -0.3 is 24.4 Å². The van der Waals surface area contributed by atoms with Gasteiger partial charge in [0.25, 0.3) is 0 Å². The van der Waals surface area contributed by atoms with Crippen LogP contribution < -0.4 is 5.32 Å². The van der Waals surface area contributed by atoms with Crippen molar-refractivity contribution in [3.63, 3.8) is 0 Å². The van der Waals surface area contributed by atoms with Gasteiger partial charge in [-0.25, -0.2) is 4.79 Å². The van der Waals surface area contributed by atoms with Crippen LogP contribution in [0.1, 0.15) is 54.1 Å². The summed E-state index contributed by atoms with van der Waals surface area (Å²) in [5.74, 6) is 0. The van der Waals surface area contributed by atoms with E-state index in [1.165, 1.54) is 6.08 Å². The summed E-state index contributed by atoms with van der Waals surface area (Å²) in [4.78, 5) is 14.0.